The van der Waals surface area contributed by atoms with Crippen LogP contribution in [0.3, 0.4) is 0 Å². The Hall–Kier alpha value is -0.146. The molecule has 0 aliphatic rings. The minimum absolute atomic E-state index is 0. The summed E-state index contributed by atoms with van der Waals surface area (Å²) in [7, 11) is -5.92. The van der Waals surface area contributed by atoms with Gasteiger partial charge < -0.3 is 38.9 Å². The van der Waals surface area contributed by atoms with E-state index < -0.39 is 17.6 Å². The molecule has 0 aromatic rings. The lowest BCUT2D eigenvalue weighted by Crippen LogP contribution is -2.55. The Bertz CT molecular complexity index is 362. The van der Waals surface area contributed by atoms with E-state index >= 15 is 0 Å². The first-order chi connectivity index (χ1) is 13.4. The Morgan fingerprint density at radius 2 is 0.733 bits per heavy atom. The van der Waals surface area contributed by atoms with Crippen molar-refractivity contribution in [2.75, 3.05) is 39.6 Å². The third kappa shape index (κ3) is 8.77. The molecule has 0 radical (unpaired) electrons. The summed E-state index contributed by atoms with van der Waals surface area (Å²) in [4.78, 5) is 0. The van der Waals surface area contributed by atoms with Crippen molar-refractivity contribution in [2.24, 2.45) is 0 Å². The zero-order valence-electron chi connectivity index (χ0n) is 20.9. The summed E-state index contributed by atoms with van der Waals surface area (Å²) in [6.45, 7) is 23.9. The molecule has 30 heavy (non-hydrogen) atoms. The largest absolute Gasteiger partial charge is 0.508 e. The van der Waals surface area contributed by atoms with Crippen LogP contribution in [0.1, 0.15) is 68.2 Å². The van der Waals surface area contributed by atoms with Gasteiger partial charge in [0.15, 0.2) is 0 Å². The van der Waals surface area contributed by atoms with Gasteiger partial charge in [-0.05, 0) is 54.4 Å². The van der Waals surface area contributed by atoms with Crippen LogP contribution in [0.25, 0.3) is 0 Å². The Kier molecular flexibility index (Phi) is 21.2. The average molecular weight is 471 g/mol. The molecule has 0 aliphatic heterocycles. The van der Waals surface area contributed by atoms with E-state index in [2.05, 4.69) is 20.4 Å². The second-order valence-corrected chi connectivity index (χ2v) is 11.8. The summed E-state index contributed by atoms with van der Waals surface area (Å²) < 4.78 is 37.2. The average Bonchev–Trinajstić information content (AvgIpc) is 2.64. The predicted octanol–water partition coefficient (Wildman–Crippen LogP) is 5.52. The summed E-state index contributed by atoms with van der Waals surface area (Å²) in [5.41, 5.74) is 0.935. The quantitative estimate of drug-likeness (QED) is 0.198. The third-order valence-corrected chi connectivity index (χ3v) is 12.0. The van der Waals surface area contributed by atoms with Gasteiger partial charge in [0.2, 0.25) is 0 Å². The highest BCUT2D eigenvalue weighted by Gasteiger charge is 2.56. The highest BCUT2D eigenvalue weighted by Crippen LogP contribution is 2.46. The second-order valence-electron chi connectivity index (χ2n) is 6.30. The first-order valence-corrected chi connectivity index (χ1v) is 14.5. The zero-order valence-corrected chi connectivity index (χ0v) is 22.9. The van der Waals surface area contributed by atoms with Gasteiger partial charge in [-0.25, -0.2) is 0 Å². The second kappa shape index (κ2) is 18.4. The van der Waals surface area contributed by atoms with Gasteiger partial charge in [0, 0.05) is 50.7 Å². The van der Waals surface area contributed by atoms with Crippen LogP contribution in [0.2, 0.25) is 11.1 Å². The molecule has 0 aromatic carbocycles. The number of allylic oxidation sites excluding steroid dienone is 1. The Balaban J connectivity index is -0.00000364. The van der Waals surface area contributed by atoms with Crippen molar-refractivity contribution in [3.05, 3.63) is 12.2 Å². The highest BCUT2D eigenvalue weighted by molar-refractivity contribution is 6.66. The van der Waals surface area contributed by atoms with E-state index in [9.17, 15) is 0 Å². The van der Waals surface area contributed by atoms with Gasteiger partial charge in [0.25, 0.3) is 0 Å². The molecule has 8 nitrogen and oxygen atoms in total. The molecule has 0 aromatic heterocycles. The molecule has 0 heterocycles. The Morgan fingerprint density at radius 1 is 0.533 bits per heavy atom. The van der Waals surface area contributed by atoms with Crippen molar-refractivity contribution < 1.29 is 26.6 Å². The minimum atomic E-state index is -2.96. The summed E-state index contributed by atoms with van der Waals surface area (Å²) >= 11 is 0. The van der Waals surface area contributed by atoms with Crippen molar-refractivity contribution >= 4 is 17.6 Å². The van der Waals surface area contributed by atoms with Crippen molar-refractivity contribution in [2.45, 2.75) is 79.3 Å². The van der Waals surface area contributed by atoms with E-state index in [4.69, 9.17) is 26.6 Å². The molecule has 0 aliphatic carbocycles. The molecule has 184 valence electrons. The number of hydrogen-bond donors (Lipinski definition) is 2. The van der Waals surface area contributed by atoms with Gasteiger partial charge in [-0.1, -0.05) is 26.0 Å². The molecular formula is C20H50N2O6Si2. The Labute approximate surface area is 187 Å². The lowest BCUT2D eigenvalue weighted by molar-refractivity contribution is 0.0568. The maximum Gasteiger partial charge on any atom is 0.508 e. The lowest BCUT2D eigenvalue weighted by Gasteiger charge is -2.41. The van der Waals surface area contributed by atoms with Crippen LogP contribution in [0.15, 0.2) is 12.2 Å². The molecule has 6 N–H and O–H groups in total. The van der Waals surface area contributed by atoms with Crippen LogP contribution < -0.4 is 12.3 Å². The standard InChI is InChI=1S/C20H44O6Si2.2H3N/c1-10-19(27(21-12-3,22-13-4)23-14-5)18(9)20(11-2)28(24-15-6,25-16-7)26-17-8;;/h19-20H,9-17H2,1-8H3;2*1H3. The molecule has 0 saturated heterocycles. The number of rotatable bonds is 18. The van der Waals surface area contributed by atoms with Crippen molar-refractivity contribution in [1.29, 1.82) is 0 Å². The fraction of sp³-hybridized carbons (Fsp3) is 0.900. The van der Waals surface area contributed by atoms with Crippen LogP contribution in [0.5, 0.6) is 0 Å². The van der Waals surface area contributed by atoms with E-state index in [-0.39, 0.29) is 23.4 Å². The summed E-state index contributed by atoms with van der Waals surface area (Å²) in [5, 5.41) is 0. The van der Waals surface area contributed by atoms with Gasteiger partial charge in [-0.2, -0.15) is 0 Å². The van der Waals surface area contributed by atoms with E-state index in [1.54, 1.807) is 0 Å². The molecule has 0 amide bonds. The SMILES string of the molecule is C=C(C(CC)[Si](OCC)(OCC)OCC)C(CC)[Si](OCC)(OCC)OCC.N.N. The first kappa shape index (κ1) is 34.5. The lowest BCUT2D eigenvalue weighted by atomic mass is 10.1. The molecular weight excluding hydrogens is 420 g/mol. The molecule has 0 rings (SSSR count). The van der Waals surface area contributed by atoms with Gasteiger partial charge in [-0.3, -0.25) is 0 Å². The number of hydrogen-bond acceptors (Lipinski definition) is 8. The van der Waals surface area contributed by atoms with Gasteiger partial charge >= 0.3 is 17.6 Å². The summed E-state index contributed by atoms with van der Waals surface area (Å²) in [6, 6.07) is 0. The predicted molar refractivity (Wildman–Crippen MR) is 129 cm³/mol. The maximum atomic E-state index is 6.20. The summed E-state index contributed by atoms with van der Waals surface area (Å²) in [6.07, 6.45) is 1.63. The highest BCUT2D eigenvalue weighted by atomic mass is 28.4. The van der Waals surface area contributed by atoms with Crippen LogP contribution >= 0.6 is 0 Å². The normalized spacial score (nSPS) is 13.9. The monoisotopic (exact) mass is 470 g/mol. The van der Waals surface area contributed by atoms with Crippen molar-refractivity contribution in [3.63, 3.8) is 0 Å². The van der Waals surface area contributed by atoms with Crippen LogP contribution in [-0.4, -0.2) is 57.3 Å². The smallest absolute Gasteiger partial charge is 0.373 e. The summed E-state index contributed by atoms with van der Waals surface area (Å²) in [5.74, 6) is 0. The van der Waals surface area contributed by atoms with E-state index in [1.807, 2.05) is 41.5 Å². The van der Waals surface area contributed by atoms with Crippen molar-refractivity contribution in [1.82, 2.24) is 12.3 Å². The van der Waals surface area contributed by atoms with Crippen molar-refractivity contribution in [3.8, 4) is 0 Å². The zero-order chi connectivity index (χ0) is 21.6. The molecule has 2 atom stereocenters. The fourth-order valence-electron chi connectivity index (χ4n) is 3.78. The van der Waals surface area contributed by atoms with E-state index in [1.165, 1.54) is 0 Å². The molecule has 0 fully saturated rings. The Morgan fingerprint density at radius 3 is 0.867 bits per heavy atom. The first-order valence-electron chi connectivity index (χ1n) is 10.9. The van der Waals surface area contributed by atoms with E-state index in [0.717, 1.165) is 18.4 Å². The van der Waals surface area contributed by atoms with Gasteiger partial charge in [-0.15, -0.1) is 0 Å². The van der Waals surface area contributed by atoms with Crippen LogP contribution in [-0.2, 0) is 26.6 Å². The molecule has 0 spiro atoms. The van der Waals surface area contributed by atoms with Gasteiger partial charge in [0.1, 0.15) is 0 Å². The molecule has 2 unspecified atom stereocenters. The third-order valence-electron chi connectivity index (χ3n) is 4.64. The molecule has 0 saturated carbocycles. The van der Waals surface area contributed by atoms with Gasteiger partial charge in [0.05, 0.1) is 0 Å². The molecule has 10 heteroatoms. The minimum Gasteiger partial charge on any atom is -0.373 e. The maximum absolute atomic E-state index is 6.20. The van der Waals surface area contributed by atoms with Crippen LogP contribution in [0.4, 0.5) is 0 Å². The molecule has 0 bridgehead atoms. The topological polar surface area (TPSA) is 125 Å². The van der Waals surface area contributed by atoms with E-state index in [0.29, 0.717) is 39.6 Å². The fourth-order valence-corrected chi connectivity index (χ4v) is 10.4. The van der Waals surface area contributed by atoms with Crippen LogP contribution in [0, 0.1) is 0 Å².